The van der Waals surface area contributed by atoms with Gasteiger partial charge in [0.05, 0.1) is 28.9 Å². The van der Waals surface area contributed by atoms with E-state index in [2.05, 4.69) is 11.6 Å². The highest BCUT2D eigenvalue weighted by Crippen LogP contribution is 2.31. The van der Waals surface area contributed by atoms with Crippen LogP contribution in [0.2, 0.25) is 0 Å². The zero-order valence-corrected chi connectivity index (χ0v) is 14.3. The van der Waals surface area contributed by atoms with E-state index in [0.717, 1.165) is 0 Å². The predicted octanol–water partition coefficient (Wildman–Crippen LogP) is 2.71. The Balaban J connectivity index is 2.97. The number of aromatic nitrogens is 1. The molecule has 0 aliphatic carbocycles. The zero-order valence-electron chi connectivity index (χ0n) is 14.3. The number of hydrogen-bond donors (Lipinski definition) is 2. The minimum atomic E-state index is -0.655. The van der Waals surface area contributed by atoms with Gasteiger partial charge >= 0.3 is 5.97 Å². The van der Waals surface area contributed by atoms with Gasteiger partial charge in [0.15, 0.2) is 0 Å². The number of nitrogens with two attached hydrogens (primary N) is 1. The number of H-pyrrole nitrogens is 1. The normalized spacial score (nSPS) is 11.8. The lowest BCUT2D eigenvalue weighted by atomic mass is 9.92. The van der Waals surface area contributed by atoms with Gasteiger partial charge in [-0.05, 0) is 26.8 Å². The largest absolute Gasteiger partial charge is 0.459 e. The molecule has 0 saturated heterocycles. The van der Waals surface area contributed by atoms with Crippen LogP contribution in [0.25, 0.3) is 22.0 Å². The average Bonchev–Trinajstić information content (AvgIpc) is 2.53. The highest BCUT2D eigenvalue weighted by Gasteiger charge is 2.25. The fourth-order valence-electron chi connectivity index (χ4n) is 2.58. The maximum Gasteiger partial charge on any atom is 0.340 e. The molecule has 1 aromatic heterocycles. The number of allylic oxidation sites excluding steroid dienone is 2. The molecule has 0 fully saturated rings. The number of nitriles is 1. The maximum absolute atomic E-state index is 12.6. The van der Waals surface area contributed by atoms with Gasteiger partial charge < -0.3 is 15.5 Å². The molecule has 0 spiro atoms. The number of hydrogen-bond acceptors (Lipinski definition) is 5. The highest BCUT2D eigenvalue weighted by atomic mass is 16.5. The number of aromatic amines is 1. The van der Waals surface area contributed by atoms with Gasteiger partial charge in [-0.2, -0.15) is 5.26 Å². The van der Waals surface area contributed by atoms with Gasteiger partial charge in [0, 0.05) is 22.2 Å². The molecule has 128 valence electrons. The Hall–Kier alpha value is -3.33. The van der Waals surface area contributed by atoms with Gasteiger partial charge in [0.2, 0.25) is 0 Å². The van der Waals surface area contributed by atoms with Gasteiger partial charge in [-0.15, -0.1) is 0 Å². The summed E-state index contributed by atoms with van der Waals surface area (Å²) in [5.74, 6) is -0.655. The number of carbonyl (C=O) groups excluding carboxylic acids is 1. The van der Waals surface area contributed by atoms with Crippen molar-refractivity contribution >= 4 is 28.0 Å². The van der Waals surface area contributed by atoms with Crippen molar-refractivity contribution in [1.29, 1.82) is 5.26 Å². The topological polar surface area (TPSA) is 109 Å². The van der Waals surface area contributed by atoms with Crippen molar-refractivity contribution in [2.75, 3.05) is 0 Å². The number of para-hydroxylation sites is 1. The van der Waals surface area contributed by atoms with Crippen LogP contribution in [0.3, 0.4) is 0 Å². The highest BCUT2D eigenvalue weighted by molar-refractivity contribution is 6.22. The number of fused-ring (bicyclic) bond motifs is 1. The van der Waals surface area contributed by atoms with Gasteiger partial charge in [-0.25, -0.2) is 4.79 Å². The van der Waals surface area contributed by atoms with E-state index in [9.17, 15) is 14.9 Å². The lowest BCUT2D eigenvalue weighted by molar-refractivity contribution is -0.140. The first-order valence-corrected chi connectivity index (χ1v) is 7.70. The Morgan fingerprint density at radius 2 is 1.96 bits per heavy atom. The van der Waals surface area contributed by atoms with Crippen LogP contribution in [0.5, 0.6) is 0 Å². The molecular formula is C19H19N3O3. The molecule has 2 rings (SSSR count). The van der Waals surface area contributed by atoms with Gasteiger partial charge in [0.25, 0.3) is 5.56 Å². The van der Waals surface area contributed by atoms with Crippen molar-refractivity contribution in [1.82, 2.24) is 4.98 Å². The van der Waals surface area contributed by atoms with Crippen molar-refractivity contribution in [3.05, 3.63) is 58.0 Å². The van der Waals surface area contributed by atoms with Crippen molar-refractivity contribution in [3.8, 4) is 6.07 Å². The summed E-state index contributed by atoms with van der Waals surface area (Å²) in [6, 6.07) is 8.83. The molecule has 1 heterocycles. The van der Waals surface area contributed by atoms with Crippen LogP contribution in [0, 0.1) is 11.3 Å². The molecular weight excluding hydrogens is 318 g/mol. The van der Waals surface area contributed by atoms with Crippen molar-refractivity contribution in [2.24, 2.45) is 5.73 Å². The Bertz CT molecular complexity index is 987. The molecule has 1 aromatic carbocycles. The molecule has 2 aromatic rings. The van der Waals surface area contributed by atoms with Crippen molar-refractivity contribution in [2.45, 2.75) is 26.9 Å². The molecule has 0 amide bonds. The van der Waals surface area contributed by atoms with E-state index < -0.39 is 11.5 Å². The Labute approximate surface area is 145 Å². The van der Waals surface area contributed by atoms with E-state index in [1.165, 1.54) is 0 Å². The molecule has 0 aliphatic rings. The summed E-state index contributed by atoms with van der Waals surface area (Å²) < 4.78 is 5.28. The lowest BCUT2D eigenvalue weighted by Crippen LogP contribution is -2.21. The number of nitrogens with zero attached hydrogens (tertiary/aromatic N) is 1. The van der Waals surface area contributed by atoms with E-state index in [-0.39, 0.29) is 34.1 Å². The maximum atomic E-state index is 12.6. The first kappa shape index (κ1) is 18.0. The van der Waals surface area contributed by atoms with Crippen LogP contribution >= 0.6 is 0 Å². The second kappa shape index (κ2) is 7.05. The quantitative estimate of drug-likeness (QED) is 0.506. The van der Waals surface area contributed by atoms with Crippen LogP contribution < -0.4 is 11.3 Å². The zero-order chi connectivity index (χ0) is 18.7. The standard InChI is InChI=1S/C19H19N3O3/c1-10(2)25-19(24)16(12(4)21)17-13-7-5-6-8-14(13)22-18(23)15(17)11(3)9-20/h5-8,10H,3,21H2,1-2,4H3,(H,22,23)/b16-12+. The molecule has 3 N–H and O–H groups in total. The Morgan fingerprint density at radius 1 is 1.32 bits per heavy atom. The molecule has 6 nitrogen and oxygen atoms in total. The summed E-state index contributed by atoms with van der Waals surface area (Å²) in [4.78, 5) is 27.9. The number of nitrogens with one attached hydrogen (secondary N) is 1. The van der Waals surface area contributed by atoms with E-state index in [4.69, 9.17) is 10.5 Å². The van der Waals surface area contributed by atoms with Crippen LogP contribution in [0.4, 0.5) is 0 Å². The van der Waals surface area contributed by atoms with E-state index >= 15 is 0 Å². The molecule has 0 saturated carbocycles. The van der Waals surface area contributed by atoms with Crippen LogP contribution in [-0.2, 0) is 9.53 Å². The first-order valence-electron chi connectivity index (χ1n) is 7.70. The second-order valence-electron chi connectivity index (χ2n) is 5.85. The van der Waals surface area contributed by atoms with Crippen molar-refractivity contribution < 1.29 is 9.53 Å². The molecule has 0 unspecified atom stereocenters. The van der Waals surface area contributed by atoms with Crippen LogP contribution in [-0.4, -0.2) is 17.1 Å². The van der Waals surface area contributed by atoms with E-state index in [1.54, 1.807) is 45.0 Å². The number of esters is 1. The third kappa shape index (κ3) is 3.45. The molecule has 0 aliphatic heterocycles. The predicted molar refractivity (Wildman–Crippen MR) is 97.2 cm³/mol. The molecule has 25 heavy (non-hydrogen) atoms. The smallest absolute Gasteiger partial charge is 0.340 e. The number of pyridine rings is 1. The van der Waals surface area contributed by atoms with Gasteiger partial charge in [0.1, 0.15) is 0 Å². The van der Waals surface area contributed by atoms with E-state index in [0.29, 0.717) is 10.9 Å². The molecule has 0 atom stereocenters. The monoisotopic (exact) mass is 337 g/mol. The van der Waals surface area contributed by atoms with Gasteiger partial charge in [-0.3, -0.25) is 4.79 Å². The fourth-order valence-corrected chi connectivity index (χ4v) is 2.58. The first-order chi connectivity index (χ1) is 11.8. The van der Waals surface area contributed by atoms with Crippen molar-refractivity contribution in [3.63, 3.8) is 0 Å². The van der Waals surface area contributed by atoms with Crippen LogP contribution in [0.1, 0.15) is 31.9 Å². The second-order valence-corrected chi connectivity index (χ2v) is 5.85. The summed E-state index contributed by atoms with van der Waals surface area (Å²) in [7, 11) is 0. The van der Waals surface area contributed by atoms with Crippen LogP contribution in [0.15, 0.2) is 41.3 Å². The van der Waals surface area contributed by atoms with Gasteiger partial charge in [-0.1, -0.05) is 24.8 Å². The summed E-state index contributed by atoms with van der Waals surface area (Å²) in [6.45, 7) is 8.61. The SMILES string of the molecule is C=C(C#N)c1c(/C(C(=O)OC(C)C)=C(/C)N)c2ccccc2[nH]c1=O. The summed E-state index contributed by atoms with van der Waals surface area (Å²) in [6.07, 6.45) is -0.363. The minimum absolute atomic E-state index is 0.0155. The molecule has 0 bridgehead atoms. The summed E-state index contributed by atoms with van der Waals surface area (Å²) >= 11 is 0. The fraction of sp³-hybridized carbons (Fsp3) is 0.211. The van der Waals surface area contributed by atoms with E-state index in [1.807, 2.05) is 6.07 Å². The molecule has 6 heteroatoms. The average molecular weight is 337 g/mol. The number of rotatable bonds is 4. The number of ether oxygens (including phenoxy) is 1. The minimum Gasteiger partial charge on any atom is -0.459 e. The lowest BCUT2D eigenvalue weighted by Gasteiger charge is -2.17. The third-order valence-corrected chi connectivity index (χ3v) is 3.55. The summed E-state index contributed by atoms with van der Waals surface area (Å²) in [5, 5.41) is 9.83. The Kier molecular flexibility index (Phi) is 5.08. The molecule has 0 radical (unpaired) electrons. The number of carbonyl (C=O) groups is 1. The Morgan fingerprint density at radius 3 is 2.52 bits per heavy atom. The number of benzene rings is 1. The third-order valence-electron chi connectivity index (χ3n) is 3.55. The summed E-state index contributed by atoms with van der Waals surface area (Å²) in [5.41, 5.74) is 6.42.